The van der Waals surface area contributed by atoms with E-state index in [-0.39, 0.29) is 4.83 Å². The summed E-state index contributed by atoms with van der Waals surface area (Å²) in [4.78, 5) is 0.145. The number of methoxy groups -OCH3 is 1. The highest BCUT2D eigenvalue weighted by Crippen LogP contribution is 2.37. The number of halogens is 2. The third-order valence-corrected chi connectivity index (χ3v) is 4.08. The van der Waals surface area contributed by atoms with Crippen molar-refractivity contribution in [1.82, 2.24) is 0 Å². The highest BCUT2D eigenvalue weighted by atomic mass is 79.9. The number of hydrogen-bond acceptors (Lipinski definition) is 1. The van der Waals surface area contributed by atoms with Crippen LogP contribution in [0, 0.1) is 0 Å². The van der Waals surface area contributed by atoms with Gasteiger partial charge in [0.05, 0.1) is 11.9 Å². The smallest absolute Gasteiger partial charge is 0.124 e. The Bertz CT molecular complexity index is 497. The van der Waals surface area contributed by atoms with Crippen LogP contribution in [-0.4, -0.2) is 7.11 Å². The first kappa shape index (κ1) is 12.7. The molecule has 0 bridgehead atoms. The zero-order valence-corrected chi connectivity index (χ0v) is 12.5. The fourth-order valence-electron chi connectivity index (χ4n) is 1.70. The van der Waals surface area contributed by atoms with Gasteiger partial charge in [-0.15, -0.1) is 0 Å². The molecule has 17 heavy (non-hydrogen) atoms. The van der Waals surface area contributed by atoms with Crippen molar-refractivity contribution in [2.75, 3.05) is 7.11 Å². The summed E-state index contributed by atoms with van der Waals surface area (Å²) in [6.07, 6.45) is 0. The molecule has 3 heteroatoms. The van der Waals surface area contributed by atoms with Gasteiger partial charge in [-0.05, 0) is 17.7 Å². The molecule has 2 aromatic rings. The van der Waals surface area contributed by atoms with Gasteiger partial charge in [-0.25, -0.2) is 0 Å². The molecule has 0 spiro atoms. The Balaban J connectivity index is 2.40. The SMILES string of the molecule is COc1cc(Br)ccc1C(Br)c1ccccc1. The summed E-state index contributed by atoms with van der Waals surface area (Å²) in [6.45, 7) is 0. The minimum atomic E-state index is 0.145. The van der Waals surface area contributed by atoms with Crippen LogP contribution < -0.4 is 4.74 Å². The van der Waals surface area contributed by atoms with Gasteiger partial charge >= 0.3 is 0 Å². The van der Waals surface area contributed by atoms with Gasteiger partial charge in [0.1, 0.15) is 5.75 Å². The van der Waals surface area contributed by atoms with Crippen LogP contribution in [0.4, 0.5) is 0 Å². The molecule has 0 aliphatic heterocycles. The molecule has 1 atom stereocenters. The fourth-order valence-corrected chi connectivity index (χ4v) is 2.72. The van der Waals surface area contributed by atoms with E-state index in [0.29, 0.717) is 0 Å². The topological polar surface area (TPSA) is 9.23 Å². The average molecular weight is 356 g/mol. The van der Waals surface area contributed by atoms with Crippen LogP contribution in [0.5, 0.6) is 5.75 Å². The van der Waals surface area contributed by atoms with Crippen molar-refractivity contribution in [3.05, 3.63) is 64.1 Å². The largest absolute Gasteiger partial charge is 0.496 e. The van der Waals surface area contributed by atoms with Crippen LogP contribution in [0.15, 0.2) is 53.0 Å². The van der Waals surface area contributed by atoms with Crippen molar-refractivity contribution in [1.29, 1.82) is 0 Å². The van der Waals surface area contributed by atoms with E-state index in [1.807, 2.05) is 30.3 Å². The lowest BCUT2D eigenvalue weighted by Gasteiger charge is -2.15. The summed E-state index contributed by atoms with van der Waals surface area (Å²) in [7, 11) is 1.69. The Morgan fingerprint density at radius 1 is 1.06 bits per heavy atom. The molecule has 0 radical (unpaired) electrons. The standard InChI is InChI=1S/C14H12Br2O/c1-17-13-9-11(15)7-8-12(13)14(16)10-5-3-2-4-6-10/h2-9,14H,1H3. The van der Waals surface area contributed by atoms with Crippen molar-refractivity contribution in [3.63, 3.8) is 0 Å². The molecule has 0 heterocycles. The number of ether oxygens (including phenoxy) is 1. The van der Waals surface area contributed by atoms with Crippen LogP contribution in [0.1, 0.15) is 16.0 Å². The normalized spacial score (nSPS) is 12.2. The van der Waals surface area contributed by atoms with Crippen molar-refractivity contribution in [3.8, 4) is 5.75 Å². The van der Waals surface area contributed by atoms with Crippen molar-refractivity contribution < 1.29 is 4.74 Å². The molecule has 0 aliphatic rings. The molecule has 0 saturated heterocycles. The first-order valence-corrected chi connectivity index (χ1v) is 6.95. The first-order chi connectivity index (χ1) is 8.22. The third-order valence-electron chi connectivity index (χ3n) is 2.56. The van der Waals surface area contributed by atoms with Crippen molar-refractivity contribution in [2.24, 2.45) is 0 Å². The van der Waals surface area contributed by atoms with Crippen LogP contribution in [-0.2, 0) is 0 Å². The zero-order chi connectivity index (χ0) is 12.3. The summed E-state index contributed by atoms with van der Waals surface area (Å²) >= 11 is 7.16. The number of hydrogen-bond donors (Lipinski definition) is 0. The maximum Gasteiger partial charge on any atom is 0.124 e. The molecule has 2 rings (SSSR count). The zero-order valence-electron chi connectivity index (χ0n) is 9.36. The van der Waals surface area contributed by atoms with Crippen molar-refractivity contribution in [2.45, 2.75) is 4.83 Å². The summed E-state index contributed by atoms with van der Waals surface area (Å²) in [5, 5.41) is 0. The van der Waals surface area contributed by atoms with Crippen LogP contribution >= 0.6 is 31.9 Å². The summed E-state index contributed by atoms with van der Waals surface area (Å²) < 4.78 is 6.43. The predicted molar refractivity (Wildman–Crippen MR) is 77.9 cm³/mol. The minimum absolute atomic E-state index is 0.145. The molecule has 0 fully saturated rings. The molecule has 1 nitrogen and oxygen atoms in total. The average Bonchev–Trinajstić information content (AvgIpc) is 2.39. The van der Waals surface area contributed by atoms with Gasteiger partial charge in [-0.1, -0.05) is 68.3 Å². The number of rotatable bonds is 3. The molecule has 0 amide bonds. The van der Waals surface area contributed by atoms with Crippen molar-refractivity contribution >= 4 is 31.9 Å². The molecule has 2 aromatic carbocycles. The molecular weight excluding hydrogens is 344 g/mol. The van der Waals surface area contributed by atoms with E-state index in [1.54, 1.807) is 7.11 Å². The monoisotopic (exact) mass is 354 g/mol. The van der Waals surface area contributed by atoms with Gasteiger partial charge in [-0.3, -0.25) is 0 Å². The van der Waals surface area contributed by atoms with Gasteiger partial charge in [0, 0.05) is 10.0 Å². The van der Waals surface area contributed by atoms with Gasteiger partial charge < -0.3 is 4.74 Å². The van der Waals surface area contributed by atoms with E-state index < -0.39 is 0 Å². The molecule has 88 valence electrons. The Hall–Kier alpha value is -0.800. The predicted octanol–water partition coefficient (Wildman–Crippen LogP) is 4.94. The number of benzene rings is 2. The first-order valence-electron chi connectivity index (χ1n) is 5.25. The van der Waals surface area contributed by atoms with E-state index in [9.17, 15) is 0 Å². The molecule has 1 unspecified atom stereocenters. The lowest BCUT2D eigenvalue weighted by molar-refractivity contribution is 0.410. The quantitative estimate of drug-likeness (QED) is 0.708. The van der Waals surface area contributed by atoms with Crippen LogP contribution in [0.25, 0.3) is 0 Å². The van der Waals surface area contributed by atoms with E-state index in [2.05, 4.69) is 50.1 Å². The second-order valence-electron chi connectivity index (χ2n) is 3.66. The lowest BCUT2D eigenvalue weighted by atomic mass is 10.0. The van der Waals surface area contributed by atoms with Gasteiger partial charge in [0.2, 0.25) is 0 Å². The van der Waals surface area contributed by atoms with Gasteiger partial charge in [-0.2, -0.15) is 0 Å². The highest BCUT2D eigenvalue weighted by Gasteiger charge is 2.14. The summed E-state index contributed by atoms with van der Waals surface area (Å²) in [5.41, 5.74) is 2.34. The van der Waals surface area contributed by atoms with E-state index >= 15 is 0 Å². The highest BCUT2D eigenvalue weighted by molar-refractivity contribution is 9.10. The second kappa shape index (κ2) is 5.69. The Labute approximate surface area is 118 Å². The molecule has 0 saturated carbocycles. The maximum absolute atomic E-state index is 5.41. The second-order valence-corrected chi connectivity index (χ2v) is 5.49. The van der Waals surface area contributed by atoms with Gasteiger partial charge in [0.15, 0.2) is 0 Å². The van der Waals surface area contributed by atoms with Crippen LogP contribution in [0.3, 0.4) is 0 Å². The lowest BCUT2D eigenvalue weighted by Crippen LogP contribution is -1.96. The minimum Gasteiger partial charge on any atom is -0.496 e. The Kier molecular flexibility index (Phi) is 4.24. The van der Waals surface area contributed by atoms with Gasteiger partial charge in [0.25, 0.3) is 0 Å². The Morgan fingerprint density at radius 3 is 2.41 bits per heavy atom. The fraction of sp³-hybridized carbons (Fsp3) is 0.143. The number of alkyl halides is 1. The molecule has 0 aromatic heterocycles. The van der Waals surface area contributed by atoms with E-state index in [1.165, 1.54) is 5.56 Å². The van der Waals surface area contributed by atoms with E-state index in [0.717, 1.165) is 15.8 Å². The Morgan fingerprint density at radius 2 is 1.76 bits per heavy atom. The van der Waals surface area contributed by atoms with E-state index in [4.69, 9.17) is 4.74 Å². The maximum atomic E-state index is 5.41. The van der Waals surface area contributed by atoms with Crippen LogP contribution in [0.2, 0.25) is 0 Å². The third kappa shape index (κ3) is 2.90. The molecule has 0 N–H and O–H groups in total. The molecule has 0 aliphatic carbocycles. The summed E-state index contributed by atoms with van der Waals surface area (Å²) in [6, 6.07) is 16.4. The summed E-state index contributed by atoms with van der Waals surface area (Å²) in [5.74, 6) is 0.880. The molecular formula is C14H12Br2O.